The van der Waals surface area contributed by atoms with E-state index in [0.717, 1.165) is 54.0 Å². The van der Waals surface area contributed by atoms with Crippen molar-refractivity contribution in [1.82, 2.24) is 39.5 Å². The predicted molar refractivity (Wildman–Crippen MR) is 142 cm³/mol. The second-order valence-electron chi connectivity index (χ2n) is 9.36. The Hall–Kier alpha value is -4.03. The van der Waals surface area contributed by atoms with Crippen LogP contribution < -0.4 is 15.4 Å². The summed E-state index contributed by atoms with van der Waals surface area (Å²) in [5, 5.41) is 10.5. The predicted octanol–water partition coefficient (Wildman–Crippen LogP) is 2.39. The number of fused-ring (bicyclic) bond motifs is 1. The fourth-order valence-electron chi connectivity index (χ4n) is 4.52. The van der Waals surface area contributed by atoms with Crippen molar-refractivity contribution in [1.29, 1.82) is 0 Å². The molecule has 3 N–H and O–H groups in total. The molecule has 194 valence electrons. The van der Waals surface area contributed by atoms with Crippen LogP contribution in [0.15, 0.2) is 30.9 Å². The minimum absolute atomic E-state index is 0.0386. The van der Waals surface area contributed by atoms with Crippen LogP contribution in [0.5, 0.6) is 5.88 Å². The lowest BCUT2D eigenvalue weighted by Crippen LogP contribution is -2.51. The van der Waals surface area contributed by atoms with E-state index in [2.05, 4.69) is 47.5 Å². The van der Waals surface area contributed by atoms with Crippen molar-refractivity contribution in [2.24, 2.45) is 7.05 Å². The summed E-state index contributed by atoms with van der Waals surface area (Å²) in [6, 6.07) is 1.58. The SMILES string of the molecule is COc1nn(C)cc1Nc1ncc(C)c(-c2c[nH]c3c(NC(=O)[C@H](C)N4CCN(C)CC4)ccnc23)n1. The lowest BCUT2D eigenvalue weighted by Gasteiger charge is -2.35. The maximum atomic E-state index is 13.1. The van der Waals surface area contributed by atoms with Crippen LogP contribution in [0.4, 0.5) is 17.3 Å². The van der Waals surface area contributed by atoms with Crippen LogP contribution >= 0.6 is 0 Å². The van der Waals surface area contributed by atoms with E-state index in [0.29, 0.717) is 23.2 Å². The second kappa shape index (κ2) is 10.1. The number of aromatic amines is 1. The van der Waals surface area contributed by atoms with Gasteiger partial charge in [-0.15, -0.1) is 5.10 Å². The number of aryl methyl sites for hydroxylation is 2. The van der Waals surface area contributed by atoms with Gasteiger partial charge in [0.1, 0.15) is 5.69 Å². The summed E-state index contributed by atoms with van der Waals surface area (Å²) in [6.07, 6.45) is 7.12. The van der Waals surface area contributed by atoms with Crippen molar-refractivity contribution in [3.05, 3.63) is 36.4 Å². The standard InChI is InChI=1S/C25H32N10O2/c1-15-12-28-25(30-19-14-34(4)32-24(19)37-5)31-20(15)17-13-27-22-18(6-7-26-21(17)22)29-23(36)16(2)35-10-8-33(3)9-11-35/h6-7,12-14,16,27H,8-11H2,1-5H3,(H,26,29,36)(H,28,30,31)/t16-/m0/s1. The van der Waals surface area contributed by atoms with Crippen LogP contribution in [-0.4, -0.2) is 91.8 Å². The van der Waals surface area contributed by atoms with E-state index in [9.17, 15) is 4.79 Å². The molecular formula is C25H32N10O2. The molecule has 12 heteroatoms. The van der Waals surface area contributed by atoms with Crippen LogP contribution in [0, 0.1) is 6.92 Å². The molecule has 0 unspecified atom stereocenters. The molecule has 1 fully saturated rings. The van der Waals surface area contributed by atoms with E-state index in [-0.39, 0.29) is 11.9 Å². The number of amides is 1. The van der Waals surface area contributed by atoms with Gasteiger partial charge in [0.2, 0.25) is 11.9 Å². The van der Waals surface area contributed by atoms with E-state index in [1.54, 1.807) is 30.4 Å². The number of nitrogens with zero attached hydrogens (tertiary/aromatic N) is 7. The minimum Gasteiger partial charge on any atom is -0.478 e. The van der Waals surface area contributed by atoms with E-state index >= 15 is 0 Å². The van der Waals surface area contributed by atoms with Gasteiger partial charge in [-0.1, -0.05) is 0 Å². The molecule has 0 radical (unpaired) electrons. The summed E-state index contributed by atoms with van der Waals surface area (Å²) in [4.78, 5) is 34.7. The number of rotatable bonds is 7. The van der Waals surface area contributed by atoms with Crippen LogP contribution in [0.1, 0.15) is 12.5 Å². The topological polar surface area (TPSA) is 129 Å². The molecule has 4 aromatic rings. The molecule has 0 saturated carbocycles. The van der Waals surface area contributed by atoms with Crippen molar-refractivity contribution in [2.75, 3.05) is 51.0 Å². The van der Waals surface area contributed by atoms with E-state index in [1.165, 1.54) is 0 Å². The van der Waals surface area contributed by atoms with Gasteiger partial charge in [-0.3, -0.25) is 19.4 Å². The maximum absolute atomic E-state index is 13.1. The Bertz CT molecular complexity index is 1420. The zero-order valence-electron chi connectivity index (χ0n) is 21.7. The fraction of sp³-hybridized carbons (Fsp3) is 0.400. The highest BCUT2D eigenvalue weighted by molar-refractivity contribution is 6.05. The molecule has 1 aliphatic rings. The lowest BCUT2D eigenvalue weighted by atomic mass is 10.1. The largest absolute Gasteiger partial charge is 0.478 e. The number of piperazine rings is 1. The summed E-state index contributed by atoms with van der Waals surface area (Å²) in [5.41, 5.74) is 5.26. The van der Waals surface area contributed by atoms with Crippen LogP contribution in [-0.2, 0) is 11.8 Å². The molecule has 0 spiro atoms. The van der Waals surface area contributed by atoms with Crippen LogP contribution in [0.25, 0.3) is 22.3 Å². The summed E-state index contributed by atoms with van der Waals surface area (Å²) < 4.78 is 6.98. The zero-order valence-corrected chi connectivity index (χ0v) is 21.7. The monoisotopic (exact) mass is 504 g/mol. The van der Waals surface area contributed by atoms with Gasteiger partial charge in [0.15, 0.2) is 0 Å². The Balaban J connectivity index is 1.40. The smallest absolute Gasteiger partial charge is 0.256 e. The molecule has 0 bridgehead atoms. The first-order valence-electron chi connectivity index (χ1n) is 12.2. The molecule has 0 aromatic carbocycles. The molecular weight excluding hydrogens is 472 g/mol. The molecule has 4 aromatic heterocycles. The Morgan fingerprint density at radius 3 is 2.70 bits per heavy atom. The Morgan fingerprint density at radius 2 is 1.95 bits per heavy atom. The van der Waals surface area contributed by atoms with Crippen molar-refractivity contribution in [3.8, 4) is 17.1 Å². The zero-order chi connectivity index (χ0) is 26.1. The van der Waals surface area contributed by atoms with Crippen LogP contribution in [0.2, 0.25) is 0 Å². The number of pyridine rings is 1. The van der Waals surface area contributed by atoms with Gasteiger partial charge >= 0.3 is 0 Å². The third-order valence-electron chi connectivity index (χ3n) is 6.75. The van der Waals surface area contributed by atoms with Gasteiger partial charge in [-0.25, -0.2) is 9.97 Å². The molecule has 37 heavy (non-hydrogen) atoms. The molecule has 5 heterocycles. The third kappa shape index (κ3) is 4.98. The van der Waals surface area contributed by atoms with Crippen molar-refractivity contribution in [2.45, 2.75) is 19.9 Å². The fourth-order valence-corrected chi connectivity index (χ4v) is 4.52. The quantitative estimate of drug-likeness (QED) is 0.347. The number of nitrogens with one attached hydrogen (secondary N) is 3. The van der Waals surface area contributed by atoms with E-state index in [1.807, 2.05) is 33.2 Å². The number of methoxy groups -OCH3 is 1. The van der Waals surface area contributed by atoms with Gasteiger partial charge in [-0.05, 0) is 32.5 Å². The number of hydrogen-bond acceptors (Lipinski definition) is 9. The summed E-state index contributed by atoms with van der Waals surface area (Å²) >= 11 is 0. The van der Waals surface area contributed by atoms with Gasteiger partial charge in [-0.2, -0.15) is 0 Å². The molecule has 0 aliphatic carbocycles. The number of aromatic nitrogens is 6. The molecule has 12 nitrogen and oxygen atoms in total. The number of likely N-dealkylation sites (N-methyl/N-ethyl adjacent to an activating group) is 1. The molecule has 1 atom stereocenters. The summed E-state index contributed by atoms with van der Waals surface area (Å²) in [6.45, 7) is 7.57. The Morgan fingerprint density at radius 1 is 1.16 bits per heavy atom. The highest BCUT2D eigenvalue weighted by Gasteiger charge is 2.25. The summed E-state index contributed by atoms with van der Waals surface area (Å²) in [5.74, 6) is 0.822. The van der Waals surface area contributed by atoms with Gasteiger partial charge < -0.3 is 25.3 Å². The highest BCUT2D eigenvalue weighted by Crippen LogP contribution is 2.32. The Kier molecular flexibility index (Phi) is 6.76. The van der Waals surface area contributed by atoms with Crippen molar-refractivity contribution >= 4 is 34.3 Å². The minimum atomic E-state index is -0.228. The molecule has 1 aliphatic heterocycles. The van der Waals surface area contributed by atoms with Gasteiger partial charge in [0, 0.05) is 57.4 Å². The first kappa shape index (κ1) is 24.7. The lowest BCUT2D eigenvalue weighted by molar-refractivity contribution is -0.121. The number of carbonyl (C=O) groups is 1. The highest BCUT2D eigenvalue weighted by atomic mass is 16.5. The van der Waals surface area contributed by atoms with E-state index in [4.69, 9.17) is 9.72 Å². The molecule has 1 saturated heterocycles. The third-order valence-corrected chi connectivity index (χ3v) is 6.75. The number of hydrogen-bond donors (Lipinski definition) is 3. The molecule has 5 rings (SSSR count). The average Bonchev–Trinajstić information content (AvgIpc) is 3.48. The number of H-pyrrole nitrogens is 1. The first-order chi connectivity index (χ1) is 17.8. The maximum Gasteiger partial charge on any atom is 0.256 e. The van der Waals surface area contributed by atoms with E-state index < -0.39 is 0 Å². The summed E-state index contributed by atoms with van der Waals surface area (Å²) in [7, 11) is 5.48. The average molecular weight is 505 g/mol. The number of anilines is 3. The van der Waals surface area contributed by atoms with Crippen molar-refractivity contribution < 1.29 is 9.53 Å². The first-order valence-corrected chi connectivity index (χ1v) is 12.2. The van der Waals surface area contributed by atoms with Crippen molar-refractivity contribution in [3.63, 3.8) is 0 Å². The van der Waals surface area contributed by atoms with Gasteiger partial charge in [0.25, 0.3) is 5.88 Å². The number of carbonyl (C=O) groups excluding carboxylic acids is 1. The second-order valence-corrected chi connectivity index (χ2v) is 9.36. The molecule has 1 amide bonds. The van der Waals surface area contributed by atoms with Crippen LogP contribution in [0.3, 0.4) is 0 Å². The number of ether oxygens (including phenoxy) is 1. The normalized spacial score (nSPS) is 15.6. The Labute approximate surface area is 215 Å². The van der Waals surface area contributed by atoms with Gasteiger partial charge in [0.05, 0.1) is 41.8 Å².